The van der Waals surface area contributed by atoms with Crippen LogP contribution in [0.2, 0.25) is 0 Å². The van der Waals surface area contributed by atoms with Crippen molar-refractivity contribution in [3.05, 3.63) is 52.2 Å². The van der Waals surface area contributed by atoms with Gasteiger partial charge in [0, 0.05) is 17.5 Å². The zero-order valence-electron chi connectivity index (χ0n) is 14.7. The van der Waals surface area contributed by atoms with Crippen LogP contribution in [0.15, 0.2) is 35.7 Å². The average molecular weight is 379 g/mol. The van der Waals surface area contributed by atoms with Crippen LogP contribution in [0.4, 0.5) is 19.3 Å². The minimum atomic E-state index is -0.792. The summed E-state index contributed by atoms with van der Waals surface area (Å²) in [5.74, 6) is -0.738. The lowest BCUT2D eigenvalue weighted by molar-refractivity contribution is 0.138. The standard InChI is InChI=1S/C19H23F2N3OS/c1-13-6-8-24(9-7-13)17(18-3-2-10-26-18)12-22-19(25)23-16-5-4-14(20)11-15(16)21/h2-5,10-11,13,17H,6-9,12H2,1H3,(H2,22,23,25). The summed E-state index contributed by atoms with van der Waals surface area (Å²) in [6, 6.07) is 6.77. The van der Waals surface area contributed by atoms with Gasteiger partial charge in [0.15, 0.2) is 0 Å². The summed E-state index contributed by atoms with van der Waals surface area (Å²) in [6.07, 6.45) is 2.30. The van der Waals surface area contributed by atoms with Gasteiger partial charge in [0.2, 0.25) is 0 Å². The zero-order chi connectivity index (χ0) is 18.5. The molecule has 0 saturated carbocycles. The number of hydrogen-bond donors (Lipinski definition) is 2. The summed E-state index contributed by atoms with van der Waals surface area (Å²) in [6.45, 7) is 4.70. The number of nitrogens with zero attached hydrogens (tertiary/aromatic N) is 1. The molecule has 140 valence electrons. The topological polar surface area (TPSA) is 44.4 Å². The Kier molecular flexibility index (Phi) is 6.21. The second kappa shape index (κ2) is 8.60. The van der Waals surface area contributed by atoms with Crippen molar-refractivity contribution in [2.75, 3.05) is 25.0 Å². The van der Waals surface area contributed by atoms with Gasteiger partial charge in [-0.3, -0.25) is 4.90 Å². The van der Waals surface area contributed by atoms with Crippen molar-refractivity contribution in [2.24, 2.45) is 5.92 Å². The van der Waals surface area contributed by atoms with Crippen molar-refractivity contribution in [1.29, 1.82) is 0 Å². The quantitative estimate of drug-likeness (QED) is 0.796. The zero-order valence-corrected chi connectivity index (χ0v) is 15.5. The second-order valence-electron chi connectivity index (χ2n) is 6.71. The van der Waals surface area contributed by atoms with E-state index in [2.05, 4.69) is 28.5 Å². The molecule has 3 rings (SSSR count). The first-order valence-electron chi connectivity index (χ1n) is 8.80. The molecule has 26 heavy (non-hydrogen) atoms. The highest BCUT2D eigenvalue weighted by atomic mass is 32.1. The third-order valence-electron chi connectivity index (χ3n) is 4.77. The van der Waals surface area contributed by atoms with Gasteiger partial charge in [-0.1, -0.05) is 13.0 Å². The van der Waals surface area contributed by atoms with E-state index in [9.17, 15) is 13.6 Å². The van der Waals surface area contributed by atoms with E-state index in [-0.39, 0.29) is 11.7 Å². The first kappa shape index (κ1) is 18.8. The molecule has 2 amide bonds. The van der Waals surface area contributed by atoms with Crippen molar-refractivity contribution in [1.82, 2.24) is 10.2 Å². The Morgan fingerprint density at radius 3 is 2.73 bits per heavy atom. The number of piperidine rings is 1. The Bertz CT molecular complexity index is 730. The maximum atomic E-state index is 13.7. The molecule has 7 heteroatoms. The third kappa shape index (κ3) is 4.80. The minimum absolute atomic E-state index is 0.0385. The van der Waals surface area contributed by atoms with E-state index >= 15 is 0 Å². The lowest BCUT2D eigenvalue weighted by atomic mass is 9.97. The molecule has 1 saturated heterocycles. The molecule has 1 aliphatic heterocycles. The van der Waals surface area contributed by atoms with E-state index in [4.69, 9.17) is 0 Å². The fourth-order valence-corrected chi connectivity index (χ4v) is 4.04. The van der Waals surface area contributed by atoms with E-state index < -0.39 is 17.7 Å². The van der Waals surface area contributed by atoms with Crippen LogP contribution in [0.1, 0.15) is 30.7 Å². The summed E-state index contributed by atoms with van der Waals surface area (Å²) in [7, 11) is 0. The van der Waals surface area contributed by atoms with Crippen molar-refractivity contribution < 1.29 is 13.6 Å². The fourth-order valence-electron chi connectivity index (χ4n) is 3.18. The minimum Gasteiger partial charge on any atom is -0.336 e. The number of thiophene rings is 1. The number of nitrogens with one attached hydrogen (secondary N) is 2. The average Bonchev–Trinajstić information content (AvgIpc) is 3.13. The molecule has 2 N–H and O–H groups in total. The summed E-state index contributed by atoms with van der Waals surface area (Å²) >= 11 is 1.67. The first-order valence-corrected chi connectivity index (χ1v) is 9.68. The van der Waals surface area contributed by atoms with Gasteiger partial charge in [-0.15, -0.1) is 11.3 Å². The van der Waals surface area contributed by atoms with Gasteiger partial charge >= 0.3 is 6.03 Å². The molecule has 2 aromatic rings. The van der Waals surface area contributed by atoms with Crippen molar-refractivity contribution >= 4 is 23.1 Å². The third-order valence-corrected chi connectivity index (χ3v) is 5.74. The van der Waals surface area contributed by atoms with Gasteiger partial charge < -0.3 is 10.6 Å². The maximum absolute atomic E-state index is 13.7. The van der Waals surface area contributed by atoms with Crippen molar-refractivity contribution in [3.63, 3.8) is 0 Å². The summed E-state index contributed by atoms with van der Waals surface area (Å²) in [4.78, 5) is 15.8. The van der Waals surface area contributed by atoms with Crippen LogP contribution in [0, 0.1) is 17.6 Å². The number of carbonyl (C=O) groups excluding carboxylic acids is 1. The number of halogens is 2. The normalized spacial score (nSPS) is 17.0. The molecule has 0 spiro atoms. The van der Waals surface area contributed by atoms with E-state index in [0.717, 1.165) is 44.0 Å². The Morgan fingerprint density at radius 1 is 1.31 bits per heavy atom. The molecule has 0 aliphatic carbocycles. The SMILES string of the molecule is CC1CCN(C(CNC(=O)Nc2ccc(F)cc2F)c2cccs2)CC1. The molecule has 4 nitrogen and oxygen atoms in total. The van der Waals surface area contributed by atoms with Gasteiger partial charge in [0.05, 0.1) is 11.7 Å². The van der Waals surface area contributed by atoms with Crippen LogP contribution >= 0.6 is 11.3 Å². The molecule has 0 bridgehead atoms. The Hall–Kier alpha value is -1.99. The molecule has 1 aliphatic rings. The van der Waals surface area contributed by atoms with E-state index in [1.807, 2.05) is 11.4 Å². The van der Waals surface area contributed by atoms with E-state index in [0.29, 0.717) is 6.54 Å². The van der Waals surface area contributed by atoms with Gasteiger partial charge in [-0.05, 0) is 55.4 Å². The first-order chi connectivity index (χ1) is 12.5. The molecule has 0 radical (unpaired) electrons. The maximum Gasteiger partial charge on any atom is 0.319 e. The number of amides is 2. The second-order valence-corrected chi connectivity index (χ2v) is 7.69. The molecule has 2 heterocycles. The van der Waals surface area contributed by atoms with Crippen molar-refractivity contribution in [2.45, 2.75) is 25.8 Å². The number of benzene rings is 1. The lowest BCUT2D eigenvalue weighted by Crippen LogP contribution is -2.42. The highest BCUT2D eigenvalue weighted by Crippen LogP contribution is 2.29. The molecular weight excluding hydrogens is 356 g/mol. The smallest absolute Gasteiger partial charge is 0.319 e. The summed E-state index contributed by atoms with van der Waals surface area (Å²) in [5, 5.41) is 7.30. The fraction of sp³-hybridized carbons (Fsp3) is 0.421. The molecule has 1 aromatic heterocycles. The Morgan fingerprint density at radius 2 is 2.08 bits per heavy atom. The van der Waals surface area contributed by atoms with Gasteiger partial charge in [-0.25, -0.2) is 13.6 Å². The van der Waals surface area contributed by atoms with Crippen molar-refractivity contribution in [3.8, 4) is 0 Å². The van der Waals surface area contributed by atoms with E-state index in [1.54, 1.807) is 11.3 Å². The van der Waals surface area contributed by atoms with Crippen LogP contribution in [0.5, 0.6) is 0 Å². The number of rotatable bonds is 5. The van der Waals surface area contributed by atoms with Crippen LogP contribution < -0.4 is 10.6 Å². The van der Waals surface area contributed by atoms with Gasteiger partial charge in [0.1, 0.15) is 11.6 Å². The summed E-state index contributed by atoms with van der Waals surface area (Å²) < 4.78 is 26.6. The highest BCUT2D eigenvalue weighted by molar-refractivity contribution is 7.10. The molecule has 1 fully saturated rings. The highest BCUT2D eigenvalue weighted by Gasteiger charge is 2.25. The van der Waals surface area contributed by atoms with Crippen LogP contribution in [-0.2, 0) is 0 Å². The summed E-state index contributed by atoms with van der Waals surface area (Å²) in [5.41, 5.74) is -0.0385. The number of carbonyl (C=O) groups is 1. The monoisotopic (exact) mass is 379 g/mol. The predicted molar refractivity (Wildman–Crippen MR) is 100 cm³/mol. The molecular formula is C19H23F2N3OS. The van der Waals surface area contributed by atoms with Crippen LogP contribution in [0.3, 0.4) is 0 Å². The molecule has 1 aromatic carbocycles. The van der Waals surface area contributed by atoms with Gasteiger partial charge in [-0.2, -0.15) is 0 Å². The predicted octanol–water partition coefficient (Wildman–Crippen LogP) is 4.62. The van der Waals surface area contributed by atoms with Crippen LogP contribution in [-0.4, -0.2) is 30.6 Å². The molecule has 1 unspecified atom stereocenters. The Labute approximate surface area is 156 Å². The number of urea groups is 1. The number of anilines is 1. The molecule has 1 atom stereocenters. The number of likely N-dealkylation sites (tertiary alicyclic amines) is 1. The van der Waals surface area contributed by atoms with Gasteiger partial charge in [0.25, 0.3) is 0 Å². The van der Waals surface area contributed by atoms with E-state index in [1.165, 1.54) is 10.9 Å². The lowest BCUT2D eigenvalue weighted by Gasteiger charge is -2.36. The Balaban J connectivity index is 1.61. The largest absolute Gasteiger partial charge is 0.336 e. The number of hydrogen-bond acceptors (Lipinski definition) is 3. The van der Waals surface area contributed by atoms with Crippen LogP contribution in [0.25, 0.3) is 0 Å².